The van der Waals surface area contributed by atoms with E-state index in [1.807, 2.05) is 0 Å². The van der Waals surface area contributed by atoms with Crippen molar-refractivity contribution in [3.8, 4) is 0 Å². The van der Waals surface area contributed by atoms with Gasteiger partial charge >= 0.3 is 6.18 Å². The first-order valence-electron chi connectivity index (χ1n) is 6.97. The zero-order valence-electron chi connectivity index (χ0n) is 11.9. The summed E-state index contributed by atoms with van der Waals surface area (Å²) in [5, 5.41) is 3.38. The number of alkyl halides is 3. The molecule has 1 N–H and O–H groups in total. The Balaban J connectivity index is 2.09. The summed E-state index contributed by atoms with van der Waals surface area (Å²) in [4.78, 5) is 2.35. The van der Waals surface area contributed by atoms with Gasteiger partial charge in [-0.05, 0) is 31.0 Å². The van der Waals surface area contributed by atoms with Crippen LogP contribution in [0.3, 0.4) is 0 Å². The standard InChI is InChI=1S/C15H21F3N2/c1-3-14(2)11-19-8-9-20(14)10-12-4-6-13(7-5-12)15(16,17)18/h4-7,19H,3,8-11H2,1-2H3. The van der Waals surface area contributed by atoms with Crippen molar-refractivity contribution < 1.29 is 13.2 Å². The van der Waals surface area contributed by atoms with Crippen LogP contribution < -0.4 is 5.32 Å². The maximum atomic E-state index is 12.5. The Morgan fingerprint density at radius 1 is 1.25 bits per heavy atom. The molecule has 0 aliphatic carbocycles. The van der Waals surface area contributed by atoms with Gasteiger partial charge in [0, 0.05) is 31.7 Å². The highest BCUT2D eigenvalue weighted by Gasteiger charge is 2.33. The molecular formula is C15H21F3N2. The average molecular weight is 286 g/mol. The molecule has 1 aliphatic rings. The molecule has 1 fully saturated rings. The maximum absolute atomic E-state index is 12.5. The van der Waals surface area contributed by atoms with E-state index < -0.39 is 11.7 Å². The summed E-state index contributed by atoms with van der Waals surface area (Å²) in [6.45, 7) is 7.81. The number of hydrogen-bond donors (Lipinski definition) is 1. The molecule has 1 heterocycles. The molecule has 2 rings (SSSR count). The van der Waals surface area contributed by atoms with Crippen LogP contribution in [0.4, 0.5) is 13.2 Å². The van der Waals surface area contributed by atoms with E-state index in [9.17, 15) is 13.2 Å². The molecule has 0 spiro atoms. The SMILES string of the molecule is CCC1(C)CNCCN1Cc1ccc(C(F)(F)F)cc1. The minimum atomic E-state index is -4.26. The first-order valence-corrected chi connectivity index (χ1v) is 6.97. The number of piperazine rings is 1. The van der Waals surface area contributed by atoms with Crippen molar-refractivity contribution in [3.63, 3.8) is 0 Å². The third-order valence-corrected chi connectivity index (χ3v) is 4.24. The number of halogens is 3. The predicted octanol–water partition coefficient (Wildman–Crippen LogP) is 3.28. The topological polar surface area (TPSA) is 15.3 Å². The molecule has 0 saturated carbocycles. The van der Waals surface area contributed by atoms with E-state index in [2.05, 4.69) is 24.1 Å². The van der Waals surface area contributed by atoms with Crippen molar-refractivity contribution in [2.45, 2.75) is 38.5 Å². The fourth-order valence-corrected chi connectivity index (χ4v) is 2.59. The van der Waals surface area contributed by atoms with E-state index in [-0.39, 0.29) is 5.54 Å². The summed E-state index contributed by atoms with van der Waals surface area (Å²) in [6.07, 6.45) is -3.24. The van der Waals surface area contributed by atoms with E-state index in [1.54, 1.807) is 12.1 Å². The summed E-state index contributed by atoms with van der Waals surface area (Å²) >= 11 is 0. The van der Waals surface area contributed by atoms with Gasteiger partial charge in [-0.3, -0.25) is 4.90 Å². The van der Waals surface area contributed by atoms with Crippen LogP contribution in [0.25, 0.3) is 0 Å². The Morgan fingerprint density at radius 2 is 1.90 bits per heavy atom. The van der Waals surface area contributed by atoms with Crippen molar-refractivity contribution in [2.75, 3.05) is 19.6 Å². The second-order valence-corrected chi connectivity index (χ2v) is 5.64. The Labute approximate surface area is 118 Å². The summed E-state index contributed by atoms with van der Waals surface area (Å²) in [5.41, 5.74) is 0.417. The number of rotatable bonds is 3. The molecule has 2 nitrogen and oxygen atoms in total. The van der Waals surface area contributed by atoms with Crippen LogP contribution in [-0.2, 0) is 12.7 Å². The summed E-state index contributed by atoms with van der Waals surface area (Å²) < 4.78 is 37.6. The van der Waals surface area contributed by atoms with Gasteiger partial charge in [-0.15, -0.1) is 0 Å². The lowest BCUT2D eigenvalue weighted by atomic mass is 9.93. The predicted molar refractivity (Wildman–Crippen MR) is 73.4 cm³/mol. The van der Waals surface area contributed by atoms with Gasteiger partial charge in [0.15, 0.2) is 0 Å². The van der Waals surface area contributed by atoms with Crippen molar-refractivity contribution in [1.82, 2.24) is 10.2 Å². The summed E-state index contributed by atoms with van der Waals surface area (Å²) in [5.74, 6) is 0. The summed E-state index contributed by atoms with van der Waals surface area (Å²) in [6, 6.07) is 5.50. The molecule has 0 bridgehead atoms. The number of benzene rings is 1. The van der Waals surface area contributed by atoms with Crippen LogP contribution >= 0.6 is 0 Å². The molecule has 1 aromatic rings. The fraction of sp³-hybridized carbons (Fsp3) is 0.600. The van der Waals surface area contributed by atoms with Crippen LogP contribution in [0, 0.1) is 0 Å². The molecule has 5 heteroatoms. The molecule has 0 amide bonds. The monoisotopic (exact) mass is 286 g/mol. The zero-order valence-corrected chi connectivity index (χ0v) is 11.9. The largest absolute Gasteiger partial charge is 0.416 e. The van der Waals surface area contributed by atoms with Gasteiger partial charge in [0.2, 0.25) is 0 Å². The molecule has 20 heavy (non-hydrogen) atoms. The van der Waals surface area contributed by atoms with E-state index in [0.717, 1.165) is 31.6 Å². The minimum absolute atomic E-state index is 0.0704. The zero-order chi connectivity index (χ0) is 14.8. The molecule has 1 atom stereocenters. The van der Waals surface area contributed by atoms with Gasteiger partial charge in [0.1, 0.15) is 0 Å². The van der Waals surface area contributed by atoms with Gasteiger partial charge in [-0.1, -0.05) is 19.1 Å². The molecule has 112 valence electrons. The number of nitrogens with one attached hydrogen (secondary N) is 1. The Bertz CT molecular complexity index is 441. The van der Waals surface area contributed by atoms with Crippen LogP contribution in [0.15, 0.2) is 24.3 Å². The normalized spacial score (nSPS) is 24.9. The third-order valence-electron chi connectivity index (χ3n) is 4.24. The van der Waals surface area contributed by atoms with Crippen LogP contribution in [-0.4, -0.2) is 30.1 Å². The lowest BCUT2D eigenvalue weighted by molar-refractivity contribution is -0.137. The van der Waals surface area contributed by atoms with Gasteiger partial charge < -0.3 is 5.32 Å². The second-order valence-electron chi connectivity index (χ2n) is 5.64. The Kier molecular flexibility index (Phi) is 4.39. The highest BCUT2D eigenvalue weighted by atomic mass is 19.4. The number of nitrogens with zero attached hydrogens (tertiary/aromatic N) is 1. The smallest absolute Gasteiger partial charge is 0.314 e. The molecule has 1 aromatic carbocycles. The first kappa shape index (κ1) is 15.3. The van der Waals surface area contributed by atoms with Crippen LogP contribution in [0.2, 0.25) is 0 Å². The van der Waals surface area contributed by atoms with Gasteiger partial charge in [0.25, 0.3) is 0 Å². The maximum Gasteiger partial charge on any atom is 0.416 e. The fourth-order valence-electron chi connectivity index (χ4n) is 2.59. The molecule has 1 unspecified atom stereocenters. The molecule has 1 aliphatic heterocycles. The van der Waals surface area contributed by atoms with E-state index >= 15 is 0 Å². The molecular weight excluding hydrogens is 265 g/mol. The van der Waals surface area contributed by atoms with Gasteiger partial charge in [-0.25, -0.2) is 0 Å². The third kappa shape index (κ3) is 3.33. The molecule has 1 saturated heterocycles. The minimum Gasteiger partial charge on any atom is -0.314 e. The van der Waals surface area contributed by atoms with Gasteiger partial charge in [-0.2, -0.15) is 13.2 Å². The quantitative estimate of drug-likeness (QED) is 0.917. The first-order chi connectivity index (χ1) is 9.35. The highest BCUT2D eigenvalue weighted by molar-refractivity contribution is 5.24. The van der Waals surface area contributed by atoms with Crippen molar-refractivity contribution in [1.29, 1.82) is 0 Å². The molecule has 0 aromatic heterocycles. The van der Waals surface area contributed by atoms with Crippen molar-refractivity contribution in [2.24, 2.45) is 0 Å². The Hall–Kier alpha value is -1.07. The van der Waals surface area contributed by atoms with Crippen molar-refractivity contribution >= 4 is 0 Å². The van der Waals surface area contributed by atoms with Crippen LogP contribution in [0.5, 0.6) is 0 Å². The van der Waals surface area contributed by atoms with Crippen LogP contribution in [0.1, 0.15) is 31.4 Å². The van der Waals surface area contributed by atoms with Gasteiger partial charge in [0.05, 0.1) is 5.56 Å². The second kappa shape index (κ2) is 5.74. The molecule has 0 radical (unpaired) electrons. The highest BCUT2D eigenvalue weighted by Crippen LogP contribution is 2.30. The van der Waals surface area contributed by atoms with Crippen molar-refractivity contribution in [3.05, 3.63) is 35.4 Å². The lowest BCUT2D eigenvalue weighted by Gasteiger charge is -2.45. The summed E-state index contributed by atoms with van der Waals surface area (Å²) in [7, 11) is 0. The number of hydrogen-bond acceptors (Lipinski definition) is 2. The van der Waals surface area contributed by atoms with E-state index in [4.69, 9.17) is 0 Å². The average Bonchev–Trinajstić information content (AvgIpc) is 2.41. The lowest BCUT2D eigenvalue weighted by Crippen LogP contribution is -2.58. The van der Waals surface area contributed by atoms with E-state index in [0.29, 0.717) is 6.54 Å². The van der Waals surface area contributed by atoms with E-state index in [1.165, 1.54) is 12.1 Å². The Morgan fingerprint density at radius 3 is 2.45 bits per heavy atom.